The van der Waals surface area contributed by atoms with Crippen molar-refractivity contribution < 1.29 is 9.84 Å². The number of hydrogen-bond acceptors (Lipinski definition) is 4. The number of nitrogens with zero attached hydrogens (tertiary/aromatic N) is 1. The first-order valence-corrected chi connectivity index (χ1v) is 7.53. The highest BCUT2D eigenvalue weighted by atomic mass is 16.5. The summed E-state index contributed by atoms with van der Waals surface area (Å²) in [5, 5.41) is 10.0. The van der Waals surface area contributed by atoms with E-state index >= 15 is 0 Å². The zero-order chi connectivity index (χ0) is 14.4. The fourth-order valence-corrected chi connectivity index (χ4v) is 2.84. The van der Waals surface area contributed by atoms with Gasteiger partial charge in [0.05, 0.1) is 12.7 Å². The van der Waals surface area contributed by atoms with Gasteiger partial charge in [0.25, 0.3) is 0 Å². The molecule has 4 nitrogen and oxygen atoms in total. The Kier molecular flexibility index (Phi) is 5.68. The van der Waals surface area contributed by atoms with Gasteiger partial charge in [-0.2, -0.15) is 0 Å². The fraction of sp³-hybridized carbons (Fsp3) is 0.625. The minimum absolute atomic E-state index is 0.160. The Labute approximate surface area is 121 Å². The predicted octanol–water partition coefficient (Wildman–Crippen LogP) is 2.27. The van der Waals surface area contributed by atoms with E-state index in [-0.39, 0.29) is 6.10 Å². The van der Waals surface area contributed by atoms with Gasteiger partial charge in [-0.1, -0.05) is 12.8 Å². The normalized spacial score (nSPS) is 22.9. The number of nitrogen functional groups attached to an aromatic ring is 1. The smallest absolute Gasteiger partial charge is 0.119 e. The summed E-state index contributed by atoms with van der Waals surface area (Å²) in [6.45, 7) is 1.65. The summed E-state index contributed by atoms with van der Waals surface area (Å²) in [6.07, 6.45) is 5.24. The van der Waals surface area contributed by atoms with Gasteiger partial charge in [0, 0.05) is 18.3 Å². The summed E-state index contributed by atoms with van der Waals surface area (Å²) in [5.41, 5.74) is 6.38. The zero-order valence-corrected chi connectivity index (χ0v) is 12.3. The Morgan fingerprint density at radius 3 is 2.65 bits per heavy atom. The van der Waals surface area contributed by atoms with E-state index in [0.717, 1.165) is 43.7 Å². The molecule has 1 fully saturated rings. The second-order valence-electron chi connectivity index (χ2n) is 5.67. The van der Waals surface area contributed by atoms with Crippen molar-refractivity contribution in [3.05, 3.63) is 24.3 Å². The number of anilines is 1. The molecule has 1 saturated carbocycles. The molecular formula is C16H26N2O2. The van der Waals surface area contributed by atoms with Crippen LogP contribution in [-0.4, -0.2) is 42.4 Å². The maximum absolute atomic E-state index is 10.0. The first kappa shape index (κ1) is 15.1. The molecule has 1 aliphatic carbocycles. The van der Waals surface area contributed by atoms with Crippen LogP contribution in [0.25, 0.3) is 0 Å². The van der Waals surface area contributed by atoms with Crippen LogP contribution in [0.5, 0.6) is 5.75 Å². The minimum atomic E-state index is -0.160. The number of ether oxygens (including phenoxy) is 1. The molecule has 1 aromatic rings. The van der Waals surface area contributed by atoms with Gasteiger partial charge in [0.1, 0.15) is 5.75 Å². The van der Waals surface area contributed by atoms with Crippen molar-refractivity contribution in [1.29, 1.82) is 0 Å². The summed E-state index contributed by atoms with van der Waals surface area (Å²) in [7, 11) is 2.10. The highest BCUT2D eigenvalue weighted by Crippen LogP contribution is 2.22. The van der Waals surface area contributed by atoms with Crippen LogP contribution in [-0.2, 0) is 0 Å². The van der Waals surface area contributed by atoms with E-state index in [2.05, 4.69) is 11.9 Å². The average Bonchev–Trinajstić information content (AvgIpc) is 2.46. The largest absolute Gasteiger partial charge is 0.494 e. The number of benzene rings is 1. The van der Waals surface area contributed by atoms with E-state index in [9.17, 15) is 5.11 Å². The molecule has 112 valence electrons. The van der Waals surface area contributed by atoms with Crippen molar-refractivity contribution in [2.45, 2.75) is 44.2 Å². The lowest BCUT2D eigenvalue weighted by molar-refractivity contribution is 0.0304. The zero-order valence-electron chi connectivity index (χ0n) is 12.3. The summed E-state index contributed by atoms with van der Waals surface area (Å²) in [5.74, 6) is 0.861. The maximum Gasteiger partial charge on any atom is 0.119 e. The third-order valence-corrected chi connectivity index (χ3v) is 4.06. The lowest BCUT2D eigenvalue weighted by Gasteiger charge is -2.35. The number of aliphatic hydroxyl groups excluding tert-OH is 1. The van der Waals surface area contributed by atoms with Gasteiger partial charge in [-0.05, 0) is 50.6 Å². The maximum atomic E-state index is 10.0. The molecule has 20 heavy (non-hydrogen) atoms. The van der Waals surface area contributed by atoms with Crippen molar-refractivity contribution >= 4 is 5.69 Å². The number of hydrogen-bond donors (Lipinski definition) is 2. The molecular weight excluding hydrogens is 252 g/mol. The van der Waals surface area contributed by atoms with Crippen LogP contribution in [0.3, 0.4) is 0 Å². The third-order valence-electron chi connectivity index (χ3n) is 4.06. The summed E-state index contributed by atoms with van der Waals surface area (Å²) >= 11 is 0. The number of nitrogens with two attached hydrogens (primary N) is 1. The molecule has 0 amide bonds. The lowest BCUT2D eigenvalue weighted by atomic mass is 9.91. The van der Waals surface area contributed by atoms with E-state index < -0.39 is 0 Å². The predicted molar refractivity (Wildman–Crippen MR) is 81.9 cm³/mol. The highest BCUT2D eigenvalue weighted by Gasteiger charge is 2.25. The Hall–Kier alpha value is -1.26. The molecule has 0 heterocycles. The van der Waals surface area contributed by atoms with Gasteiger partial charge in [-0.25, -0.2) is 0 Å². The van der Waals surface area contributed by atoms with E-state index in [1.54, 1.807) is 0 Å². The third kappa shape index (κ3) is 4.39. The molecule has 1 aromatic carbocycles. The molecule has 3 N–H and O–H groups in total. The minimum Gasteiger partial charge on any atom is -0.494 e. The molecule has 1 aliphatic rings. The fourth-order valence-electron chi connectivity index (χ4n) is 2.84. The van der Waals surface area contributed by atoms with Gasteiger partial charge in [-0.15, -0.1) is 0 Å². The molecule has 2 rings (SSSR count). The Morgan fingerprint density at radius 1 is 1.25 bits per heavy atom. The molecule has 0 saturated heterocycles. The van der Waals surface area contributed by atoms with Crippen molar-refractivity contribution in [2.75, 3.05) is 25.9 Å². The molecule has 0 bridgehead atoms. The van der Waals surface area contributed by atoms with Crippen molar-refractivity contribution in [2.24, 2.45) is 0 Å². The van der Waals surface area contributed by atoms with Gasteiger partial charge < -0.3 is 20.5 Å². The van der Waals surface area contributed by atoms with Crippen LogP contribution in [0.4, 0.5) is 5.69 Å². The van der Waals surface area contributed by atoms with Crippen LogP contribution < -0.4 is 10.5 Å². The van der Waals surface area contributed by atoms with Gasteiger partial charge in [0.2, 0.25) is 0 Å². The molecule has 0 spiro atoms. The number of rotatable bonds is 6. The van der Waals surface area contributed by atoms with E-state index in [1.807, 2.05) is 24.3 Å². The number of likely N-dealkylation sites (N-methyl/N-ethyl adjacent to an activating group) is 1. The lowest BCUT2D eigenvalue weighted by Crippen LogP contribution is -2.43. The Morgan fingerprint density at radius 2 is 1.95 bits per heavy atom. The second-order valence-corrected chi connectivity index (χ2v) is 5.67. The van der Waals surface area contributed by atoms with E-state index in [4.69, 9.17) is 10.5 Å². The van der Waals surface area contributed by atoms with Crippen LogP contribution in [0, 0.1) is 0 Å². The standard InChI is InChI=1S/C16H26N2O2/c1-18(15-5-2-3-6-16(15)19)11-4-12-20-14-9-7-13(17)8-10-14/h7-10,15-16,19H,2-6,11-12,17H2,1H3. The van der Waals surface area contributed by atoms with Crippen molar-refractivity contribution in [1.82, 2.24) is 4.90 Å². The number of aliphatic hydroxyl groups is 1. The van der Waals surface area contributed by atoms with E-state index in [1.165, 1.54) is 6.42 Å². The summed E-state index contributed by atoms with van der Waals surface area (Å²) < 4.78 is 5.68. The summed E-state index contributed by atoms with van der Waals surface area (Å²) in [6, 6.07) is 7.80. The molecule has 2 atom stereocenters. The molecule has 2 unspecified atom stereocenters. The average molecular weight is 278 g/mol. The van der Waals surface area contributed by atoms with Crippen molar-refractivity contribution in [3.8, 4) is 5.75 Å². The topological polar surface area (TPSA) is 58.7 Å². The summed E-state index contributed by atoms with van der Waals surface area (Å²) in [4.78, 5) is 2.27. The van der Waals surface area contributed by atoms with Crippen LogP contribution in [0.1, 0.15) is 32.1 Å². The molecule has 0 radical (unpaired) electrons. The Bertz CT molecular complexity index is 394. The second kappa shape index (κ2) is 7.50. The quantitative estimate of drug-likeness (QED) is 0.619. The van der Waals surface area contributed by atoms with Crippen LogP contribution in [0.2, 0.25) is 0 Å². The van der Waals surface area contributed by atoms with Gasteiger partial charge in [-0.3, -0.25) is 0 Å². The first-order chi connectivity index (χ1) is 9.66. The Balaban J connectivity index is 1.66. The molecule has 0 aromatic heterocycles. The molecule has 0 aliphatic heterocycles. The van der Waals surface area contributed by atoms with Crippen LogP contribution >= 0.6 is 0 Å². The van der Waals surface area contributed by atoms with Gasteiger partial charge in [0.15, 0.2) is 0 Å². The monoisotopic (exact) mass is 278 g/mol. The van der Waals surface area contributed by atoms with Crippen LogP contribution in [0.15, 0.2) is 24.3 Å². The van der Waals surface area contributed by atoms with Gasteiger partial charge >= 0.3 is 0 Å². The van der Waals surface area contributed by atoms with Crippen molar-refractivity contribution in [3.63, 3.8) is 0 Å². The highest BCUT2D eigenvalue weighted by molar-refractivity contribution is 5.41. The SMILES string of the molecule is CN(CCCOc1ccc(N)cc1)C1CCCCC1O. The van der Waals surface area contributed by atoms with E-state index in [0.29, 0.717) is 12.6 Å². The molecule has 4 heteroatoms. The first-order valence-electron chi connectivity index (χ1n) is 7.53.